The van der Waals surface area contributed by atoms with Crippen molar-refractivity contribution in [3.8, 4) is 0 Å². The Balaban J connectivity index is 2.01. The third kappa shape index (κ3) is 3.54. The second kappa shape index (κ2) is 6.33. The molecule has 1 fully saturated rings. The number of para-hydroxylation sites is 1. The van der Waals surface area contributed by atoms with Gasteiger partial charge in [0.25, 0.3) is 0 Å². The van der Waals surface area contributed by atoms with Crippen LogP contribution in [0.15, 0.2) is 24.3 Å². The van der Waals surface area contributed by atoms with Crippen molar-refractivity contribution in [1.29, 1.82) is 0 Å². The summed E-state index contributed by atoms with van der Waals surface area (Å²) in [5.41, 5.74) is 1.86. The van der Waals surface area contributed by atoms with Crippen molar-refractivity contribution in [3.05, 3.63) is 29.8 Å². The lowest BCUT2D eigenvalue weighted by molar-refractivity contribution is -0.123. The van der Waals surface area contributed by atoms with E-state index in [0.29, 0.717) is 6.54 Å². The Kier molecular flexibility index (Phi) is 4.52. The Morgan fingerprint density at radius 3 is 2.89 bits per heavy atom. The van der Waals surface area contributed by atoms with Crippen LogP contribution >= 0.6 is 0 Å². The minimum Gasteiger partial charge on any atom is -0.355 e. The monoisotopic (exact) mass is 261 g/mol. The fraction of sp³-hybridized carbons (Fsp3) is 0.429. The third-order valence-electron chi connectivity index (χ3n) is 3.19. The topological polar surface area (TPSA) is 70.2 Å². The average Bonchev–Trinajstić information content (AvgIpc) is 2.84. The smallest absolute Gasteiger partial charge is 0.229 e. The van der Waals surface area contributed by atoms with Gasteiger partial charge in [0.05, 0.1) is 5.92 Å². The normalized spacial score (nSPS) is 18.2. The van der Waals surface area contributed by atoms with Gasteiger partial charge >= 0.3 is 0 Å². The van der Waals surface area contributed by atoms with E-state index in [2.05, 4.69) is 16.0 Å². The summed E-state index contributed by atoms with van der Waals surface area (Å²) < 4.78 is 0. The quantitative estimate of drug-likeness (QED) is 0.736. The van der Waals surface area contributed by atoms with Crippen LogP contribution in [0.3, 0.4) is 0 Å². The van der Waals surface area contributed by atoms with Crippen LogP contribution in [0.1, 0.15) is 18.9 Å². The number of anilines is 1. The standard InChI is InChI=1S/C14H19N3O2/c1-2-15-8-10-5-3-4-6-12(10)17-14(19)11-7-13(18)16-9-11/h3-6,11,15H,2,7-9H2,1H3,(H,16,18)(H,17,19). The van der Waals surface area contributed by atoms with Gasteiger partial charge in [-0.15, -0.1) is 0 Å². The summed E-state index contributed by atoms with van der Waals surface area (Å²) in [5, 5.41) is 8.82. The zero-order chi connectivity index (χ0) is 13.7. The summed E-state index contributed by atoms with van der Waals surface area (Å²) in [6.45, 7) is 4.06. The third-order valence-corrected chi connectivity index (χ3v) is 3.19. The van der Waals surface area contributed by atoms with Crippen molar-refractivity contribution in [2.45, 2.75) is 19.9 Å². The highest BCUT2D eigenvalue weighted by atomic mass is 16.2. The maximum absolute atomic E-state index is 12.1. The zero-order valence-electron chi connectivity index (χ0n) is 11.0. The van der Waals surface area contributed by atoms with E-state index in [9.17, 15) is 9.59 Å². The van der Waals surface area contributed by atoms with Crippen LogP contribution in [0.5, 0.6) is 0 Å². The molecule has 3 N–H and O–H groups in total. The number of carbonyl (C=O) groups excluding carboxylic acids is 2. The molecule has 0 bridgehead atoms. The molecule has 1 aliphatic heterocycles. The van der Waals surface area contributed by atoms with Crippen molar-refractivity contribution in [3.63, 3.8) is 0 Å². The van der Waals surface area contributed by atoms with Gasteiger partial charge in [-0.05, 0) is 18.2 Å². The van der Waals surface area contributed by atoms with E-state index >= 15 is 0 Å². The van der Waals surface area contributed by atoms with E-state index in [0.717, 1.165) is 24.3 Å². The lowest BCUT2D eigenvalue weighted by Crippen LogP contribution is -2.25. The Labute approximate surface area is 112 Å². The van der Waals surface area contributed by atoms with Crippen LogP contribution in [0.4, 0.5) is 5.69 Å². The van der Waals surface area contributed by atoms with Gasteiger partial charge in [0.15, 0.2) is 0 Å². The largest absolute Gasteiger partial charge is 0.355 e. The van der Waals surface area contributed by atoms with Crippen molar-refractivity contribution < 1.29 is 9.59 Å². The maximum atomic E-state index is 12.1. The van der Waals surface area contributed by atoms with Crippen molar-refractivity contribution in [2.24, 2.45) is 5.92 Å². The predicted molar refractivity (Wildman–Crippen MR) is 73.6 cm³/mol. The molecule has 0 aromatic heterocycles. The highest BCUT2D eigenvalue weighted by Crippen LogP contribution is 2.18. The van der Waals surface area contributed by atoms with Crippen LogP contribution < -0.4 is 16.0 Å². The van der Waals surface area contributed by atoms with Crippen molar-refractivity contribution in [2.75, 3.05) is 18.4 Å². The number of nitrogens with one attached hydrogen (secondary N) is 3. The SMILES string of the molecule is CCNCc1ccccc1NC(=O)C1CNC(=O)C1. The molecule has 1 heterocycles. The van der Waals surface area contributed by atoms with Crippen molar-refractivity contribution in [1.82, 2.24) is 10.6 Å². The van der Waals surface area contributed by atoms with Gasteiger partial charge in [0.2, 0.25) is 11.8 Å². The molecule has 1 aromatic rings. The molecular formula is C14H19N3O2. The Hall–Kier alpha value is -1.88. The lowest BCUT2D eigenvalue weighted by Gasteiger charge is -2.13. The van der Waals surface area contributed by atoms with Crippen LogP contribution in [0.25, 0.3) is 0 Å². The first-order valence-corrected chi connectivity index (χ1v) is 6.57. The molecule has 1 aliphatic rings. The molecule has 1 saturated heterocycles. The number of carbonyl (C=O) groups is 2. The summed E-state index contributed by atoms with van der Waals surface area (Å²) in [4.78, 5) is 23.2. The predicted octanol–water partition coefficient (Wildman–Crippen LogP) is 0.871. The van der Waals surface area contributed by atoms with E-state index < -0.39 is 0 Å². The molecule has 1 atom stereocenters. The van der Waals surface area contributed by atoms with Crippen LogP contribution in [-0.2, 0) is 16.1 Å². The summed E-state index contributed by atoms with van der Waals surface area (Å²) in [7, 11) is 0. The number of rotatable bonds is 5. The number of benzene rings is 1. The average molecular weight is 261 g/mol. The molecular weight excluding hydrogens is 242 g/mol. The second-order valence-electron chi connectivity index (χ2n) is 4.63. The van der Waals surface area contributed by atoms with E-state index in [1.54, 1.807) is 0 Å². The lowest BCUT2D eigenvalue weighted by atomic mass is 10.1. The highest BCUT2D eigenvalue weighted by Gasteiger charge is 2.28. The van der Waals surface area contributed by atoms with E-state index in [4.69, 9.17) is 0 Å². The van der Waals surface area contributed by atoms with Gasteiger partial charge < -0.3 is 16.0 Å². The number of hydrogen-bond acceptors (Lipinski definition) is 3. The molecule has 2 amide bonds. The van der Waals surface area contributed by atoms with Gasteiger partial charge in [-0.25, -0.2) is 0 Å². The summed E-state index contributed by atoms with van der Waals surface area (Å²) in [5.74, 6) is -0.414. The van der Waals surface area contributed by atoms with Crippen LogP contribution in [0, 0.1) is 5.92 Å². The molecule has 0 saturated carbocycles. The fourth-order valence-corrected chi connectivity index (χ4v) is 2.08. The van der Waals surface area contributed by atoms with Gasteiger partial charge in [0.1, 0.15) is 0 Å². The Morgan fingerprint density at radius 2 is 2.21 bits per heavy atom. The summed E-state index contributed by atoms with van der Waals surface area (Å²) in [6, 6.07) is 7.71. The van der Waals surface area contributed by atoms with Crippen LogP contribution in [-0.4, -0.2) is 24.9 Å². The molecule has 0 spiro atoms. The molecule has 5 nitrogen and oxygen atoms in total. The Morgan fingerprint density at radius 1 is 1.42 bits per heavy atom. The molecule has 5 heteroatoms. The fourth-order valence-electron chi connectivity index (χ4n) is 2.08. The summed E-state index contributed by atoms with van der Waals surface area (Å²) in [6.07, 6.45) is 0.279. The van der Waals surface area contributed by atoms with Crippen LogP contribution in [0.2, 0.25) is 0 Å². The molecule has 102 valence electrons. The summed E-state index contributed by atoms with van der Waals surface area (Å²) >= 11 is 0. The van der Waals surface area contributed by atoms with Crippen molar-refractivity contribution >= 4 is 17.5 Å². The van der Waals surface area contributed by atoms with E-state index in [1.807, 2.05) is 31.2 Å². The first-order chi connectivity index (χ1) is 9.20. The highest BCUT2D eigenvalue weighted by molar-refractivity contribution is 5.97. The first kappa shape index (κ1) is 13.5. The van der Waals surface area contributed by atoms with Gasteiger partial charge in [-0.3, -0.25) is 9.59 Å². The van der Waals surface area contributed by atoms with E-state index in [-0.39, 0.29) is 24.2 Å². The molecule has 0 aliphatic carbocycles. The van der Waals surface area contributed by atoms with E-state index in [1.165, 1.54) is 0 Å². The van der Waals surface area contributed by atoms with Gasteiger partial charge in [-0.1, -0.05) is 25.1 Å². The second-order valence-corrected chi connectivity index (χ2v) is 4.63. The molecule has 2 rings (SSSR count). The first-order valence-electron chi connectivity index (χ1n) is 6.57. The Bertz CT molecular complexity index is 474. The van der Waals surface area contributed by atoms with Gasteiger partial charge in [-0.2, -0.15) is 0 Å². The zero-order valence-corrected chi connectivity index (χ0v) is 11.0. The van der Waals surface area contributed by atoms with Gasteiger partial charge in [0, 0.05) is 25.2 Å². The molecule has 1 aromatic carbocycles. The maximum Gasteiger partial charge on any atom is 0.229 e. The minimum absolute atomic E-state index is 0.0546. The molecule has 19 heavy (non-hydrogen) atoms. The number of amides is 2. The molecule has 1 unspecified atom stereocenters. The minimum atomic E-state index is -0.264. The number of hydrogen-bond donors (Lipinski definition) is 3. The molecule has 0 radical (unpaired) electrons.